The Morgan fingerprint density at radius 3 is 2.58 bits per heavy atom. The fourth-order valence-electron chi connectivity index (χ4n) is 1.80. The molecule has 1 aromatic carbocycles. The fraction of sp³-hybridized carbons (Fsp3) is 0.455. The van der Waals surface area contributed by atoms with Crippen LogP contribution in [0.25, 0.3) is 0 Å². The molecule has 2 rings (SSSR count). The van der Waals surface area contributed by atoms with E-state index in [0.717, 1.165) is 0 Å². The van der Waals surface area contributed by atoms with Crippen molar-refractivity contribution < 1.29 is 29.7 Å². The quantitative estimate of drug-likeness (QED) is 0.494. The number of benzene rings is 1. The van der Waals surface area contributed by atoms with Crippen LogP contribution in [0.4, 0.5) is 5.69 Å². The summed E-state index contributed by atoms with van der Waals surface area (Å²) < 4.78 is 10.3. The Morgan fingerprint density at radius 1 is 1.32 bits per heavy atom. The average molecular weight is 271 g/mol. The van der Waals surface area contributed by atoms with E-state index in [2.05, 4.69) is 0 Å². The molecule has 3 N–H and O–H groups in total. The summed E-state index contributed by atoms with van der Waals surface area (Å²) in [6, 6.07) is 5.61. The summed E-state index contributed by atoms with van der Waals surface area (Å²) in [4.78, 5) is 10.2. The Morgan fingerprint density at radius 2 is 2.00 bits per heavy atom. The van der Waals surface area contributed by atoms with Crippen molar-refractivity contribution >= 4 is 5.69 Å². The second-order valence-electron chi connectivity index (χ2n) is 4.05. The van der Waals surface area contributed by atoms with Crippen LogP contribution in [0.2, 0.25) is 0 Å². The number of nitrogens with zero attached hydrogens (tertiary/aromatic N) is 1. The summed E-state index contributed by atoms with van der Waals surface area (Å²) in [6.07, 6.45) is -4.95. The van der Waals surface area contributed by atoms with Gasteiger partial charge in [0.05, 0.1) is 11.5 Å². The molecule has 1 aliphatic rings. The summed E-state index contributed by atoms with van der Waals surface area (Å²) in [5.41, 5.74) is -0.278. The number of hydrogen-bond acceptors (Lipinski definition) is 7. The molecule has 0 aliphatic carbocycles. The third-order valence-corrected chi connectivity index (χ3v) is 2.80. The first kappa shape index (κ1) is 13.7. The van der Waals surface area contributed by atoms with Gasteiger partial charge in [-0.2, -0.15) is 0 Å². The van der Waals surface area contributed by atoms with Gasteiger partial charge in [-0.05, 0) is 6.07 Å². The number of nitro benzene ring substituents is 1. The van der Waals surface area contributed by atoms with Crippen LogP contribution in [0.3, 0.4) is 0 Å². The van der Waals surface area contributed by atoms with Crippen molar-refractivity contribution in [3.63, 3.8) is 0 Å². The third-order valence-electron chi connectivity index (χ3n) is 2.80. The average Bonchev–Trinajstić information content (AvgIpc) is 2.67. The molecule has 8 nitrogen and oxygen atoms in total. The maximum absolute atomic E-state index is 10.8. The van der Waals surface area contributed by atoms with Crippen LogP contribution in [0.1, 0.15) is 0 Å². The molecule has 19 heavy (non-hydrogen) atoms. The minimum absolute atomic E-state index is 0.0812. The lowest BCUT2D eigenvalue weighted by atomic mass is 10.1. The Balaban J connectivity index is 2.16. The Bertz CT molecular complexity index is 466. The van der Waals surface area contributed by atoms with Crippen LogP contribution in [-0.4, -0.2) is 51.5 Å². The second-order valence-corrected chi connectivity index (χ2v) is 4.05. The van der Waals surface area contributed by atoms with Crippen molar-refractivity contribution in [2.24, 2.45) is 0 Å². The molecule has 1 aromatic rings. The number of nitro groups is 1. The smallest absolute Gasteiger partial charge is 0.311 e. The van der Waals surface area contributed by atoms with Crippen LogP contribution in [0, 0.1) is 10.1 Å². The molecule has 1 saturated heterocycles. The molecule has 0 bridgehead atoms. The summed E-state index contributed by atoms with van der Waals surface area (Å²) >= 11 is 0. The lowest BCUT2D eigenvalue weighted by molar-refractivity contribution is -0.386. The molecule has 0 aromatic heterocycles. The van der Waals surface area contributed by atoms with E-state index >= 15 is 0 Å². The minimum atomic E-state index is -1.39. The zero-order valence-electron chi connectivity index (χ0n) is 9.75. The van der Waals surface area contributed by atoms with Gasteiger partial charge < -0.3 is 24.8 Å². The number of aliphatic hydroxyl groups excluding tert-OH is 3. The summed E-state index contributed by atoms with van der Waals surface area (Å²) in [6.45, 7) is -0.491. The molecular weight excluding hydrogens is 258 g/mol. The molecule has 0 saturated carbocycles. The highest BCUT2D eigenvalue weighted by atomic mass is 16.7. The summed E-state index contributed by atoms with van der Waals surface area (Å²) in [7, 11) is 0. The first-order valence-corrected chi connectivity index (χ1v) is 5.57. The van der Waals surface area contributed by atoms with E-state index in [9.17, 15) is 20.3 Å². The van der Waals surface area contributed by atoms with Gasteiger partial charge in [0.15, 0.2) is 5.75 Å². The Kier molecular flexibility index (Phi) is 3.96. The van der Waals surface area contributed by atoms with E-state index in [4.69, 9.17) is 14.6 Å². The number of para-hydroxylation sites is 2. The molecule has 1 fully saturated rings. The second kappa shape index (κ2) is 5.49. The standard InChI is InChI=1S/C11H13NO7/c13-5-8-9(14)10(15)11(19-8)18-7-4-2-1-3-6(7)12(16)17/h1-4,8-11,13-15H,5H2/t8-,9-,10+,11+/m1/s1. The highest BCUT2D eigenvalue weighted by molar-refractivity contribution is 5.45. The molecule has 0 radical (unpaired) electrons. The van der Waals surface area contributed by atoms with Gasteiger partial charge in [0, 0.05) is 6.07 Å². The van der Waals surface area contributed by atoms with Crippen molar-refractivity contribution in [2.75, 3.05) is 6.61 Å². The summed E-state index contributed by atoms with van der Waals surface area (Å²) in [5, 5.41) is 38.9. The zero-order chi connectivity index (χ0) is 14.0. The number of rotatable bonds is 4. The Hall–Kier alpha value is -1.74. The maximum Gasteiger partial charge on any atom is 0.311 e. The van der Waals surface area contributed by atoms with Crippen molar-refractivity contribution in [2.45, 2.75) is 24.6 Å². The molecule has 1 aliphatic heterocycles. The highest BCUT2D eigenvalue weighted by Crippen LogP contribution is 2.30. The first-order valence-electron chi connectivity index (χ1n) is 5.57. The van der Waals surface area contributed by atoms with E-state index in [1.807, 2.05) is 0 Å². The molecule has 0 spiro atoms. The van der Waals surface area contributed by atoms with Gasteiger partial charge in [0.25, 0.3) is 0 Å². The van der Waals surface area contributed by atoms with Crippen LogP contribution < -0.4 is 4.74 Å². The van der Waals surface area contributed by atoms with E-state index in [-0.39, 0.29) is 11.4 Å². The predicted molar refractivity (Wildman–Crippen MR) is 61.5 cm³/mol. The van der Waals surface area contributed by atoms with Crippen LogP contribution in [0.15, 0.2) is 24.3 Å². The van der Waals surface area contributed by atoms with Gasteiger partial charge in [-0.15, -0.1) is 0 Å². The number of aliphatic hydroxyl groups is 3. The van der Waals surface area contributed by atoms with Gasteiger partial charge >= 0.3 is 5.69 Å². The van der Waals surface area contributed by atoms with E-state index in [1.54, 1.807) is 0 Å². The Labute approximate surface area is 108 Å². The van der Waals surface area contributed by atoms with Gasteiger partial charge in [-0.1, -0.05) is 12.1 Å². The van der Waals surface area contributed by atoms with Crippen molar-refractivity contribution in [3.05, 3.63) is 34.4 Å². The zero-order valence-corrected chi connectivity index (χ0v) is 9.75. The van der Waals surface area contributed by atoms with Crippen LogP contribution in [-0.2, 0) is 4.74 Å². The topological polar surface area (TPSA) is 122 Å². The molecule has 0 unspecified atom stereocenters. The SMILES string of the molecule is O=[N+]([O-])c1ccccc1O[C@H]1O[C@H](CO)[C@@H](O)[C@@H]1O. The maximum atomic E-state index is 10.8. The fourth-order valence-corrected chi connectivity index (χ4v) is 1.80. The first-order chi connectivity index (χ1) is 9.04. The molecule has 104 valence electrons. The van der Waals surface area contributed by atoms with Gasteiger partial charge in [0.2, 0.25) is 6.29 Å². The van der Waals surface area contributed by atoms with E-state index in [1.165, 1.54) is 24.3 Å². The van der Waals surface area contributed by atoms with Gasteiger partial charge in [-0.25, -0.2) is 0 Å². The van der Waals surface area contributed by atoms with Gasteiger partial charge in [-0.3, -0.25) is 10.1 Å². The molecular formula is C11H13NO7. The molecule has 4 atom stereocenters. The monoisotopic (exact) mass is 271 g/mol. The minimum Gasteiger partial charge on any atom is -0.455 e. The normalized spacial score (nSPS) is 30.3. The molecule has 8 heteroatoms. The number of hydrogen-bond donors (Lipinski definition) is 3. The number of ether oxygens (including phenoxy) is 2. The lowest BCUT2D eigenvalue weighted by Gasteiger charge is -2.16. The van der Waals surface area contributed by atoms with Crippen molar-refractivity contribution in [1.29, 1.82) is 0 Å². The van der Waals surface area contributed by atoms with Crippen LogP contribution >= 0.6 is 0 Å². The predicted octanol–water partition coefficient (Wildman–Crippen LogP) is -0.587. The van der Waals surface area contributed by atoms with Crippen molar-refractivity contribution in [3.8, 4) is 5.75 Å². The molecule has 1 heterocycles. The van der Waals surface area contributed by atoms with Crippen molar-refractivity contribution in [1.82, 2.24) is 0 Å². The molecule has 0 amide bonds. The van der Waals surface area contributed by atoms with E-state index < -0.39 is 36.1 Å². The summed E-state index contributed by atoms with van der Waals surface area (Å²) in [5.74, 6) is -0.0812. The lowest BCUT2D eigenvalue weighted by Crippen LogP contribution is -2.35. The highest BCUT2D eigenvalue weighted by Gasteiger charge is 2.44. The van der Waals surface area contributed by atoms with E-state index in [0.29, 0.717) is 0 Å². The third kappa shape index (κ3) is 2.66. The largest absolute Gasteiger partial charge is 0.455 e. The van der Waals surface area contributed by atoms with Gasteiger partial charge in [0.1, 0.15) is 18.3 Å². The van der Waals surface area contributed by atoms with Crippen LogP contribution in [0.5, 0.6) is 5.75 Å².